The second-order valence-electron chi connectivity index (χ2n) is 16.6. The van der Waals surface area contributed by atoms with Gasteiger partial charge < -0.3 is 10.2 Å². The third-order valence-corrected chi connectivity index (χ3v) is 15.6. The van der Waals surface area contributed by atoms with E-state index >= 15 is 0 Å². The van der Waals surface area contributed by atoms with Crippen molar-refractivity contribution in [1.29, 1.82) is 0 Å². The molecule has 0 aliphatic heterocycles. The average molecular weight is 807 g/mol. The monoisotopic (exact) mass is 806 g/mol. The van der Waals surface area contributed by atoms with Crippen LogP contribution >= 0.6 is 15.8 Å². The van der Waals surface area contributed by atoms with Gasteiger partial charge in [-0.05, 0) is 138 Å². The van der Waals surface area contributed by atoms with E-state index < -0.39 is 39.6 Å². The van der Waals surface area contributed by atoms with E-state index in [-0.39, 0.29) is 0 Å². The quantitative estimate of drug-likeness (QED) is 0.114. The third kappa shape index (κ3) is 9.69. The second kappa shape index (κ2) is 17.9. The fourth-order valence-corrected chi connectivity index (χ4v) is 14.3. The largest absolute Gasteiger partial charge is 0.481 e. The Hall–Kier alpha value is -4.88. The number of aliphatic carboxylic acids is 2. The molecule has 0 aliphatic carbocycles. The van der Waals surface area contributed by atoms with Gasteiger partial charge in [0.15, 0.2) is 0 Å². The number of carboxylic acids is 2. The summed E-state index contributed by atoms with van der Waals surface area (Å²) in [6.07, 6.45) is 0.656. The van der Waals surface area contributed by atoms with Gasteiger partial charge in [-0.25, -0.2) is 0 Å². The van der Waals surface area contributed by atoms with Crippen LogP contribution < -0.4 is 31.8 Å². The SMILES string of the molecule is Cc1cc(C)cc(P(c2cc(C)cc(C)c2)c2cccc(CC(C)C(=O)O)c2-c2c(CC(C)C(=O)O)cccc2P(c2cc(C)cc(C)c2)c2cc(C)cc(C)c2)c1. The minimum absolute atomic E-state index is 0.328. The van der Waals surface area contributed by atoms with Crippen molar-refractivity contribution in [2.24, 2.45) is 11.8 Å². The zero-order valence-electron chi connectivity index (χ0n) is 35.6. The molecular weight excluding hydrogens is 751 g/mol. The van der Waals surface area contributed by atoms with Crippen molar-refractivity contribution in [3.63, 3.8) is 0 Å². The van der Waals surface area contributed by atoms with E-state index in [4.69, 9.17) is 0 Å². The molecule has 0 bridgehead atoms. The predicted octanol–water partition coefficient (Wildman–Crippen LogP) is 9.86. The van der Waals surface area contributed by atoms with E-state index in [0.29, 0.717) is 12.8 Å². The Bertz CT molecular complexity index is 2160. The van der Waals surface area contributed by atoms with Gasteiger partial charge in [0.05, 0.1) is 11.8 Å². The Balaban J connectivity index is 1.83. The smallest absolute Gasteiger partial charge is 0.306 e. The zero-order valence-corrected chi connectivity index (χ0v) is 37.4. The molecule has 2 N–H and O–H groups in total. The molecule has 6 heteroatoms. The van der Waals surface area contributed by atoms with E-state index in [0.717, 1.165) is 32.9 Å². The van der Waals surface area contributed by atoms with Gasteiger partial charge >= 0.3 is 11.9 Å². The highest BCUT2D eigenvalue weighted by molar-refractivity contribution is 7.80. The highest BCUT2D eigenvalue weighted by Gasteiger charge is 2.31. The Morgan fingerprint density at radius 2 is 0.672 bits per heavy atom. The molecule has 0 aromatic heterocycles. The lowest BCUT2D eigenvalue weighted by molar-refractivity contribution is -0.142. The molecule has 2 unspecified atom stereocenters. The molecule has 6 rings (SSSR count). The molecule has 0 radical (unpaired) electrons. The Labute approximate surface area is 347 Å². The van der Waals surface area contributed by atoms with Gasteiger partial charge in [-0.1, -0.05) is 168 Å². The first-order chi connectivity index (χ1) is 27.5. The first-order valence-corrected chi connectivity index (χ1v) is 22.8. The summed E-state index contributed by atoms with van der Waals surface area (Å²) in [5.41, 5.74) is 13.5. The Morgan fingerprint density at radius 1 is 0.431 bits per heavy atom. The number of benzene rings is 6. The molecule has 0 spiro atoms. The van der Waals surface area contributed by atoms with Gasteiger partial charge in [-0.3, -0.25) is 9.59 Å². The van der Waals surface area contributed by atoms with Crippen LogP contribution in [0.4, 0.5) is 0 Å². The number of aryl methyl sites for hydroxylation is 8. The van der Waals surface area contributed by atoms with Gasteiger partial charge in [-0.2, -0.15) is 0 Å². The van der Waals surface area contributed by atoms with Crippen LogP contribution in [-0.2, 0) is 22.4 Å². The van der Waals surface area contributed by atoms with Crippen LogP contribution in [-0.4, -0.2) is 22.2 Å². The van der Waals surface area contributed by atoms with Crippen molar-refractivity contribution in [3.05, 3.63) is 165 Å². The molecule has 2 atom stereocenters. The fraction of sp³-hybridized carbons (Fsp3) is 0.269. The van der Waals surface area contributed by atoms with Gasteiger partial charge in [0.2, 0.25) is 0 Å². The summed E-state index contributed by atoms with van der Waals surface area (Å²) in [5.74, 6) is -2.97. The highest BCUT2D eigenvalue weighted by atomic mass is 31.1. The maximum absolute atomic E-state index is 12.7. The number of carboxylic acid groups (broad SMARTS) is 2. The summed E-state index contributed by atoms with van der Waals surface area (Å²) < 4.78 is 0. The molecule has 0 amide bonds. The van der Waals surface area contributed by atoms with Gasteiger partial charge in [0.25, 0.3) is 0 Å². The van der Waals surface area contributed by atoms with E-state index in [1.807, 2.05) is 0 Å². The topological polar surface area (TPSA) is 74.6 Å². The molecule has 6 aromatic carbocycles. The van der Waals surface area contributed by atoms with Crippen LogP contribution in [0.1, 0.15) is 69.5 Å². The van der Waals surface area contributed by atoms with E-state index in [1.165, 1.54) is 65.7 Å². The van der Waals surface area contributed by atoms with E-state index in [9.17, 15) is 19.8 Å². The molecule has 0 saturated carbocycles. The van der Waals surface area contributed by atoms with Gasteiger partial charge in [-0.15, -0.1) is 0 Å². The number of hydrogen-bond donors (Lipinski definition) is 2. The summed E-state index contributed by atoms with van der Waals surface area (Å²) in [6, 6.07) is 40.2. The molecule has 0 saturated heterocycles. The molecule has 298 valence electrons. The molecule has 0 heterocycles. The fourth-order valence-electron chi connectivity index (χ4n) is 8.47. The van der Waals surface area contributed by atoms with Crippen molar-refractivity contribution in [2.75, 3.05) is 0 Å². The minimum atomic E-state index is -1.17. The first-order valence-electron chi connectivity index (χ1n) is 20.1. The van der Waals surface area contributed by atoms with Crippen molar-refractivity contribution < 1.29 is 19.8 Å². The lowest BCUT2D eigenvalue weighted by atomic mass is 9.88. The predicted molar refractivity (Wildman–Crippen MR) is 248 cm³/mol. The first kappa shape index (κ1) is 42.7. The van der Waals surface area contributed by atoms with Crippen molar-refractivity contribution in [1.82, 2.24) is 0 Å². The van der Waals surface area contributed by atoms with Gasteiger partial charge in [0, 0.05) is 0 Å². The van der Waals surface area contributed by atoms with Crippen LogP contribution in [0, 0.1) is 67.2 Å². The standard InChI is InChI=1S/C52H56O4P2/c1-31-17-32(2)22-43(21-31)57(44-23-33(3)18-34(4)24-44)47-15-11-13-41(29-39(9)51(53)54)49(47)50-42(30-40(10)52(55)56)14-12-16-48(50)58(45-25-35(5)19-36(6)26-45)46-27-37(7)20-38(8)28-46/h11-28,39-40H,29-30H2,1-10H3,(H,53,54)(H,55,56). The summed E-state index contributed by atoms with van der Waals surface area (Å²) in [7, 11) is -2.35. The number of carbonyl (C=O) groups is 2. The van der Waals surface area contributed by atoms with Crippen LogP contribution in [0.15, 0.2) is 109 Å². The van der Waals surface area contributed by atoms with Crippen molar-refractivity contribution >= 4 is 59.6 Å². The zero-order chi connectivity index (χ0) is 42.0. The molecule has 0 aliphatic rings. The highest BCUT2D eigenvalue weighted by Crippen LogP contribution is 2.45. The lowest BCUT2D eigenvalue weighted by Gasteiger charge is -2.31. The summed E-state index contributed by atoms with van der Waals surface area (Å²) in [4.78, 5) is 25.3. The van der Waals surface area contributed by atoms with E-state index in [1.54, 1.807) is 13.8 Å². The molecule has 58 heavy (non-hydrogen) atoms. The second-order valence-corrected chi connectivity index (χ2v) is 20.9. The summed E-state index contributed by atoms with van der Waals surface area (Å²) >= 11 is 0. The molecule has 4 nitrogen and oxygen atoms in total. The molecular formula is C52H56O4P2. The molecule has 0 fully saturated rings. The number of rotatable bonds is 13. The lowest BCUT2D eigenvalue weighted by Crippen LogP contribution is -2.29. The van der Waals surface area contributed by atoms with Crippen molar-refractivity contribution in [2.45, 2.75) is 82.1 Å². The van der Waals surface area contributed by atoms with Gasteiger partial charge in [0.1, 0.15) is 0 Å². The maximum atomic E-state index is 12.7. The van der Waals surface area contributed by atoms with Crippen LogP contribution in [0.5, 0.6) is 0 Å². The summed E-state index contributed by atoms with van der Waals surface area (Å²) in [6.45, 7) is 20.8. The van der Waals surface area contributed by atoms with Crippen LogP contribution in [0.3, 0.4) is 0 Å². The average Bonchev–Trinajstić information content (AvgIpc) is 3.11. The Morgan fingerprint density at radius 3 is 0.897 bits per heavy atom. The van der Waals surface area contributed by atoms with Crippen molar-refractivity contribution in [3.8, 4) is 11.1 Å². The Kier molecular flexibility index (Phi) is 13.2. The maximum Gasteiger partial charge on any atom is 0.306 e. The number of hydrogen-bond acceptors (Lipinski definition) is 2. The third-order valence-electron chi connectivity index (χ3n) is 10.7. The molecule has 6 aromatic rings. The summed E-state index contributed by atoms with van der Waals surface area (Å²) in [5, 5.41) is 28.0. The normalized spacial score (nSPS) is 12.6. The van der Waals surface area contributed by atoms with Crippen LogP contribution in [0.2, 0.25) is 0 Å². The minimum Gasteiger partial charge on any atom is -0.481 e. The van der Waals surface area contributed by atoms with Crippen LogP contribution in [0.25, 0.3) is 11.1 Å². The van der Waals surface area contributed by atoms with E-state index in [2.05, 4.69) is 165 Å².